The van der Waals surface area contributed by atoms with E-state index < -0.39 is 0 Å². The summed E-state index contributed by atoms with van der Waals surface area (Å²) < 4.78 is 4.73. The van der Waals surface area contributed by atoms with E-state index >= 15 is 0 Å². The average Bonchev–Trinajstić information content (AvgIpc) is 2.65. The van der Waals surface area contributed by atoms with Gasteiger partial charge in [0.2, 0.25) is 0 Å². The van der Waals surface area contributed by atoms with E-state index in [1.165, 1.54) is 17.3 Å². The Bertz CT molecular complexity index is 259. The smallest absolute Gasteiger partial charge is 0.225 e. The quantitative estimate of drug-likeness (QED) is 0.683. The van der Waals surface area contributed by atoms with Crippen LogP contribution in [0.25, 0.3) is 0 Å². The van der Waals surface area contributed by atoms with Crippen molar-refractivity contribution in [3.63, 3.8) is 0 Å². The highest BCUT2D eigenvalue weighted by Crippen LogP contribution is 2.08. The van der Waals surface area contributed by atoms with Crippen molar-refractivity contribution in [2.24, 2.45) is 0 Å². The maximum atomic E-state index is 2.37. The van der Waals surface area contributed by atoms with Gasteiger partial charge in [-0.3, -0.25) is 0 Å². The first-order valence-electron chi connectivity index (χ1n) is 5.56. The van der Waals surface area contributed by atoms with E-state index in [2.05, 4.69) is 42.3 Å². The lowest BCUT2D eigenvalue weighted by atomic mass is 10.4. The van der Waals surface area contributed by atoms with Gasteiger partial charge in [0.25, 0.3) is 5.82 Å². The van der Waals surface area contributed by atoms with E-state index in [1.54, 1.807) is 0 Å². The Balaban J connectivity index is 2.66. The van der Waals surface area contributed by atoms with Crippen molar-refractivity contribution >= 4 is 23.5 Å². The molecule has 0 fully saturated rings. The number of aromatic nitrogens is 2. The van der Waals surface area contributed by atoms with Gasteiger partial charge in [-0.25, -0.2) is 9.13 Å². The molecule has 0 N–H and O–H groups in total. The van der Waals surface area contributed by atoms with Crippen molar-refractivity contribution in [3.05, 3.63) is 18.2 Å². The first-order chi connectivity index (χ1) is 7.33. The Labute approximate surface area is 101 Å². The third-order valence-corrected chi connectivity index (χ3v) is 4.01. The predicted octanol–water partition coefficient (Wildman–Crippen LogP) is 2.76. The number of hydrogen-bond donors (Lipinski definition) is 0. The van der Waals surface area contributed by atoms with Crippen LogP contribution in [-0.4, -0.2) is 16.1 Å². The minimum atomic E-state index is 1.09. The van der Waals surface area contributed by atoms with E-state index in [1.807, 2.05) is 23.5 Å². The van der Waals surface area contributed by atoms with Gasteiger partial charge in [-0.2, -0.15) is 0 Å². The van der Waals surface area contributed by atoms with Crippen LogP contribution in [0, 0.1) is 0 Å². The molecule has 0 spiro atoms. The van der Waals surface area contributed by atoms with E-state index in [-0.39, 0.29) is 0 Å². The topological polar surface area (TPSA) is 8.81 Å². The summed E-state index contributed by atoms with van der Waals surface area (Å²) in [5.74, 6) is 5.99. The molecule has 1 aromatic heterocycles. The molecule has 0 unspecified atom stereocenters. The summed E-state index contributed by atoms with van der Waals surface area (Å²) in [5, 5.41) is 0. The number of thioether (sulfide) groups is 2. The van der Waals surface area contributed by atoms with Gasteiger partial charge in [-0.1, -0.05) is 20.8 Å². The van der Waals surface area contributed by atoms with Crippen LogP contribution >= 0.6 is 23.5 Å². The molecule has 0 aliphatic rings. The van der Waals surface area contributed by atoms with E-state index in [9.17, 15) is 0 Å². The first-order valence-corrected chi connectivity index (χ1v) is 7.87. The summed E-state index contributed by atoms with van der Waals surface area (Å²) in [7, 11) is 0. The minimum Gasteiger partial charge on any atom is -0.225 e. The van der Waals surface area contributed by atoms with Crippen LogP contribution in [0.3, 0.4) is 0 Å². The molecule has 0 atom stereocenters. The summed E-state index contributed by atoms with van der Waals surface area (Å²) >= 11 is 3.94. The largest absolute Gasteiger partial charge is 0.257 e. The van der Waals surface area contributed by atoms with E-state index in [4.69, 9.17) is 0 Å². The van der Waals surface area contributed by atoms with Crippen molar-refractivity contribution < 1.29 is 4.57 Å². The van der Waals surface area contributed by atoms with Crippen molar-refractivity contribution in [2.45, 2.75) is 38.9 Å². The number of imidazole rings is 1. The zero-order valence-corrected chi connectivity index (χ0v) is 11.5. The van der Waals surface area contributed by atoms with E-state index in [0.29, 0.717) is 0 Å². The lowest BCUT2D eigenvalue weighted by Gasteiger charge is -2.01. The van der Waals surface area contributed by atoms with Crippen LogP contribution < -0.4 is 4.57 Å². The molecule has 0 amide bonds. The summed E-state index contributed by atoms with van der Waals surface area (Å²) in [6.07, 6.45) is 5.52. The van der Waals surface area contributed by atoms with Crippen LogP contribution in [-0.2, 0) is 18.2 Å². The number of hydrogen-bond acceptors (Lipinski definition) is 2. The summed E-state index contributed by atoms with van der Waals surface area (Å²) in [5.41, 5.74) is 0. The molecule has 15 heavy (non-hydrogen) atoms. The van der Waals surface area contributed by atoms with Crippen molar-refractivity contribution in [1.29, 1.82) is 0 Å². The molecule has 0 saturated carbocycles. The Morgan fingerprint density at radius 2 is 1.93 bits per heavy atom. The molecular formula is C11H21N2S2+. The molecule has 1 aromatic rings. The van der Waals surface area contributed by atoms with Crippen molar-refractivity contribution in [1.82, 2.24) is 4.57 Å². The molecule has 0 radical (unpaired) electrons. The fourth-order valence-corrected chi connectivity index (χ4v) is 2.75. The van der Waals surface area contributed by atoms with E-state index in [0.717, 1.165) is 18.2 Å². The molecule has 0 aliphatic carbocycles. The molecule has 0 bridgehead atoms. The monoisotopic (exact) mass is 245 g/mol. The van der Waals surface area contributed by atoms with Gasteiger partial charge in [-0.05, 0) is 11.5 Å². The fourth-order valence-electron chi connectivity index (χ4n) is 1.52. The van der Waals surface area contributed by atoms with Crippen LogP contribution in [0.15, 0.2) is 12.4 Å². The summed E-state index contributed by atoms with van der Waals surface area (Å²) in [6, 6.07) is 0. The zero-order chi connectivity index (χ0) is 11.1. The molecule has 0 aliphatic heterocycles. The molecule has 0 aromatic carbocycles. The summed E-state index contributed by atoms with van der Waals surface area (Å²) in [6.45, 7) is 6.65. The highest BCUT2D eigenvalue weighted by molar-refractivity contribution is 7.98. The standard InChI is InChI=1S/C11H21N2S2/c1-4-11-12(9-14-5-2)7-8-13(11)10-15-6-3/h7-8H,4-6,9-10H2,1-3H3/q+1. The van der Waals surface area contributed by atoms with Gasteiger partial charge in [0, 0.05) is 6.42 Å². The third kappa shape index (κ3) is 3.76. The maximum absolute atomic E-state index is 2.37. The van der Waals surface area contributed by atoms with Gasteiger partial charge in [0.05, 0.1) is 0 Å². The second-order valence-corrected chi connectivity index (χ2v) is 5.74. The maximum Gasteiger partial charge on any atom is 0.257 e. The van der Waals surface area contributed by atoms with Gasteiger partial charge in [0.1, 0.15) is 24.1 Å². The average molecular weight is 245 g/mol. The Hall–Kier alpha value is -0.0900. The lowest BCUT2D eigenvalue weighted by Crippen LogP contribution is -2.35. The third-order valence-electron chi connectivity index (χ3n) is 2.27. The van der Waals surface area contributed by atoms with Crippen LogP contribution in [0.2, 0.25) is 0 Å². The van der Waals surface area contributed by atoms with Gasteiger partial charge < -0.3 is 0 Å². The normalized spacial score (nSPS) is 10.9. The van der Waals surface area contributed by atoms with Crippen LogP contribution in [0.4, 0.5) is 0 Å². The highest BCUT2D eigenvalue weighted by atomic mass is 32.2. The minimum absolute atomic E-state index is 1.09. The number of rotatable bonds is 7. The molecule has 0 saturated heterocycles. The van der Waals surface area contributed by atoms with Crippen molar-refractivity contribution in [3.8, 4) is 0 Å². The predicted molar refractivity (Wildman–Crippen MR) is 70.3 cm³/mol. The second-order valence-electron chi connectivity index (χ2n) is 3.25. The fraction of sp³-hybridized carbons (Fsp3) is 0.727. The molecule has 1 heterocycles. The molecular weight excluding hydrogens is 224 g/mol. The second kappa shape index (κ2) is 7.23. The summed E-state index contributed by atoms with van der Waals surface area (Å²) in [4.78, 5) is 0. The molecule has 4 heteroatoms. The van der Waals surface area contributed by atoms with Gasteiger partial charge >= 0.3 is 0 Å². The Morgan fingerprint density at radius 3 is 2.53 bits per heavy atom. The van der Waals surface area contributed by atoms with Gasteiger partial charge in [0.15, 0.2) is 0 Å². The Kier molecular flexibility index (Phi) is 6.25. The highest BCUT2D eigenvalue weighted by Gasteiger charge is 2.13. The Morgan fingerprint density at radius 1 is 1.20 bits per heavy atom. The zero-order valence-electron chi connectivity index (χ0n) is 9.90. The first kappa shape index (κ1) is 13.0. The number of nitrogens with zero attached hydrogens (tertiary/aromatic N) is 2. The lowest BCUT2D eigenvalue weighted by molar-refractivity contribution is -0.682. The molecule has 86 valence electrons. The molecule has 1 rings (SSSR count). The van der Waals surface area contributed by atoms with Crippen LogP contribution in [0.5, 0.6) is 0 Å². The SMILES string of the molecule is CCSCn1cc[n+](CSCC)c1CC. The molecule has 2 nitrogen and oxygen atoms in total. The van der Waals surface area contributed by atoms with Gasteiger partial charge in [-0.15, -0.1) is 23.5 Å². The van der Waals surface area contributed by atoms with Crippen molar-refractivity contribution in [2.75, 3.05) is 11.5 Å². The van der Waals surface area contributed by atoms with Crippen LogP contribution in [0.1, 0.15) is 26.6 Å².